The second kappa shape index (κ2) is 5.97. The van der Waals surface area contributed by atoms with Crippen LogP contribution in [-0.2, 0) is 0 Å². The van der Waals surface area contributed by atoms with Crippen LogP contribution >= 0.6 is 0 Å². The Hall–Kier alpha value is -0.570. The molecular formula is C10H23N3. The molecule has 0 saturated carbocycles. The number of hydrogen-bond donors (Lipinski definition) is 2. The van der Waals surface area contributed by atoms with Gasteiger partial charge in [-0.1, -0.05) is 34.6 Å². The summed E-state index contributed by atoms with van der Waals surface area (Å²) in [4.78, 5) is 0. The minimum absolute atomic E-state index is 0.461. The van der Waals surface area contributed by atoms with Crippen LogP contribution in [0.25, 0.3) is 0 Å². The van der Waals surface area contributed by atoms with Crippen LogP contribution in [0, 0.1) is 17.8 Å². The molecule has 0 aromatic rings. The van der Waals surface area contributed by atoms with Gasteiger partial charge in [-0.05, 0) is 18.3 Å². The standard InChI is InChI=1S/C10H23N3/c1-6-9(7(2)3)10(8(4)5)12-13-11/h7-9,13H,6,11H2,1-5H3/b12-10-. The second-order valence-corrected chi connectivity index (χ2v) is 4.08. The molecule has 78 valence electrons. The van der Waals surface area contributed by atoms with Crippen LogP contribution < -0.4 is 11.4 Å². The van der Waals surface area contributed by atoms with Gasteiger partial charge in [-0.2, -0.15) is 5.10 Å². The minimum atomic E-state index is 0.461. The van der Waals surface area contributed by atoms with Crippen LogP contribution in [0.1, 0.15) is 41.0 Å². The number of nitrogens with one attached hydrogen (secondary N) is 1. The van der Waals surface area contributed by atoms with Crippen molar-refractivity contribution in [3.63, 3.8) is 0 Å². The van der Waals surface area contributed by atoms with Crippen molar-refractivity contribution >= 4 is 5.71 Å². The molecule has 0 spiro atoms. The van der Waals surface area contributed by atoms with Gasteiger partial charge in [-0.3, -0.25) is 0 Å². The Morgan fingerprint density at radius 2 is 1.85 bits per heavy atom. The summed E-state index contributed by atoms with van der Waals surface area (Å²) < 4.78 is 0. The van der Waals surface area contributed by atoms with E-state index in [1.54, 1.807) is 0 Å². The fourth-order valence-electron chi connectivity index (χ4n) is 1.74. The Labute approximate surface area is 81.7 Å². The average Bonchev–Trinajstić information content (AvgIpc) is 2.03. The molecular weight excluding hydrogens is 162 g/mol. The maximum Gasteiger partial charge on any atom is 0.0452 e. The fraction of sp³-hybridized carbons (Fsp3) is 0.900. The van der Waals surface area contributed by atoms with E-state index in [1.165, 1.54) is 5.71 Å². The molecule has 0 fully saturated rings. The van der Waals surface area contributed by atoms with Gasteiger partial charge in [0.05, 0.1) is 0 Å². The Kier molecular flexibility index (Phi) is 5.71. The number of nitrogens with two attached hydrogens (primary N) is 1. The van der Waals surface area contributed by atoms with E-state index in [2.05, 4.69) is 45.3 Å². The first kappa shape index (κ1) is 12.4. The normalized spacial score (nSPS) is 15.2. The van der Waals surface area contributed by atoms with E-state index < -0.39 is 0 Å². The summed E-state index contributed by atoms with van der Waals surface area (Å²) in [5.74, 6) is 6.85. The van der Waals surface area contributed by atoms with Crippen LogP contribution in [-0.4, -0.2) is 5.71 Å². The Bertz CT molecular complexity index is 162. The third-order valence-electron chi connectivity index (χ3n) is 2.41. The maximum absolute atomic E-state index is 5.22. The van der Waals surface area contributed by atoms with Crippen LogP contribution in [0.3, 0.4) is 0 Å². The molecule has 0 aliphatic carbocycles. The van der Waals surface area contributed by atoms with Crippen molar-refractivity contribution in [1.29, 1.82) is 0 Å². The van der Waals surface area contributed by atoms with Gasteiger partial charge in [0.25, 0.3) is 0 Å². The average molecular weight is 185 g/mol. The highest BCUT2D eigenvalue weighted by Gasteiger charge is 2.20. The van der Waals surface area contributed by atoms with E-state index in [0.717, 1.165) is 6.42 Å². The lowest BCUT2D eigenvalue weighted by Gasteiger charge is -2.23. The van der Waals surface area contributed by atoms with Crippen LogP contribution in [0.2, 0.25) is 0 Å². The van der Waals surface area contributed by atoms with E-state index in [4.69, 9.17) is 5.84 Å². The smallest absolute Gasteiger partial charge is 0.0452 e. The zero-order valence-corrected chi connectivity index (χ0v) is 9.46. The molecule has 0 radical (unpaired) electrons. The highest BCUT2D eigenvalue weighted by Crippen LogP contribution is 2.20. The molecule has 0 aliphatic heterocycles. The summed E-state index contributed by atoms with van der Waals surface area (Å²) in [7, 11) is 0. The maximum atomic E-state index is 5.22. The molecule has 0 bridgehead atoms. The second-order valence-electron chi connectivity index (χ2n) is 4.08. The third-order valence-corrected chi connectivity index (χ3v) is 2.41. The summed E-state index contributed by atoms with van der Waals surface area (Å²) in [6.07, 6.45) is 1.12. The molecule has 0 saturated heterocycles. The van der Waals surface area contributed by atoms with Crippen molar-refractivity contribution in [2.45, 2.75) is 41.0 Å². The van der Waals surface area contributed by atoms with E-state index in [1.807, 2.05) is 0 Å². The van der Waals surface area contributed by atoms with Gasteiger partial charge in [0.15, 0.2) is 0 Å². The van der Waals surface area contributed by atoms with Gasteiger partial charge in [-0.25, -0.2) is 11.4 Å². The quantitative estimate of drug-likeness (QED) is 0.392. The minimum Gasteiger partial charge on any atom is -0.246 e. The Morgan fingerprint density at radius 1 is 1.31 bits per heavy atom. The lowest BCUT2D eigenvalue weighted by Crippen LogP contribution is -2.28. The number of hydrogen-bond acceptors (Lipinski definition) is 3. The van der Waals surface area contributed by atoms with Crippen molar-refractivity contribution in [3.8, 4) is 0 Å². The molecule has 1 unspecified atom stereocenters. The number of rotatable bonds is 5. The van der Waals surface area contributed by atoms with E-state index in [-0.39, 0.29) is 0 Å². The van der Waals surface area contributed by atoms with Crippen molar-refractivity contribution in [1.82, 2.24) is 5.53 Å². The first-order valence-corrected chi connectivity index (χ1v) is 5.07. The highest BCUT2D eigenvalue weighted by atomic mass is 15.5. The van der Waals surface area contributed by atoms with Crippen LogP contribution in [0.15, 0.2) is 5.10 Å². The zero-order chi connectivity index (χ0) is 10.4. The SMILES string of the molecule is CCC(/C(=N\NN)C(C)C)C(C)C. The van der Waals surface area contributed by atoms with Gasteiger partial charge in [-0.15, -0.1) is 0 Å². The summed E-state index contributed by atoms with van der Waals surface area (Å²) in [6.45, 7) is 11.0. The third kappa shape index (κ3) is 3.77. The highest BCUT2D eigenvalue weighted by molar-refractivity contribution is 5.88. The van der Waals surface area contributed by atoms with Crippen molar-refractivity contribution in [2.75, 3.05) is 0 Å². The predicted molar refractivity (Wildman–Crippen MR) is 58.2 cm³/mol. The molecule has 3 heteroatoms. The summed E-state index contributed by atoms with van der Waals surface area (Å²) in [5, 5.41) is 4.16. The van der Waals surface area contributed by atoms with Crippen LogP contribution in [0.5, 0.6) is 0 Å². The van der Waals surface area contributed by atoms with Gasteiger partial charge in [0, 0.05) is 11.6 Å². The summed E-state index contributed by atoms with van der Waals surface area (Å²) >= 11 is 0. The van der Waals surface area contributed by atoms with Crippen molar-refractivity contribution in [3.05, 3.63) is 0 Å². The fourth-order valence-corrected chi connectivity index (χ4v) is 1.74. The lowest BCUT2D eigenvalue weighted by molar-refractivity contribution is 0.461. The molecule has 0 aromatic heterocycles. The topological polar surface area (TPSA) is 50.4 Å². The van der Waals surface area contributed by atoms with E-state index in [0.29, 0.717) is 17.8 Å². The number of nitrogens with zero attached hydrogens (tertiary/aromatic N) is 1. The first-order chi connectivity index (χ1) is 6.04. The summed E-state index contributed by atoms with van der Waals surface area (Å²) in [6, 6.07) is 0. The van der Waals surface area contributed by atoms with Gasteiger partial charge >= 0.3 is 0 Å². The molecule has 3 N–H and O–H groups in total. The molecule has 0 aromatic carbocycles. The van der Waals surface area contributed by atoms with E-state index in [9.17, 15) is 0 Å². The predicted octanol–water partition coefficient (Wildman–Crippen LogP) is 2.14. The van der Waals surface area contributed by atoms with Crippen LogP contribution in [0.4, 0.5) is 0 Å². The molecule has 0 aliphatic rings. The van der Waals surface area contributed by atoms with Crippen molar-refractivity contribution < 1.29 is 0 Å². The largest absolute Gasteiger partial charge is 0.246 e. The zero-order valence-electron chi connectivity index (χ0n) is 9.46. The molecule has 13 heavy (non-hydrogen) atoms. The molecule has 1 atom stereocenters. The van der Waals surface area contributed by atoms with E-state index >= 15 is 0 Å². The Morgan fingerprint density at radius 3 is 2.08 bits per heavy atom. The molecule has 3 nitrogen and oxygen atoms in total. The lowest BCUT2D eigenvalue weighted by atomic mass is 9.84. The number of hydrazone groups is 1. The monoisotopic (exact) mass is 185 g/mol. The van der Waals surface area contributed by atoms with Crippen molar-refractivity contribution in [2.24, 2.45) is 28.7 Å². The number of hydrazine groups is 1. The molecule has 0 rings (SSSR count). The molecule has 0 heterocycles. The summed E-state index contributed by atoms with van der Waals surface area (Å²) in [5.41, 5.74) is 3.59. The molecule has 0 amide bonds. The van der Waals surface area contributed by atoms with Gasteiger partial charge in [0.1, 0.15) is 0 Å². The Balaban J connectivity index is 4.59. The van der Waals surface area contributed by atoms with Gasteiger partial charge in [0.2, 0.25) is 0 Å². The first-order valence-electron chi connectivity index (χ1n) is 5.07. The van der Waals surface area contributed by atoms with Gasteiger partial charge < -0.3 is 0 Å².